The van der Waals surface area contributed by atoms with Gasteiger partial charge in [0.05, 0.1) is 0 Å². The lowest BCUT2D eigenvalue weighted by Gasteiger charge is -2.15. The van der Waals surface area contributed by atoms with Crippen molar-refractivity contribution in [3.05, 3.63) is 0 Å². The van der Waals surface area contributed by atoms with Crippen molar-refractivity contribution in [1.82, 2.24) is 0 Å². The van der Waals surface area contributed by atoms with Crippen molar-refractivity contribution in [3.8, 4) is 0 Å². The van der Waals surface area contributed by atoms with Crippen molar-refractivity contribution in [2.24, 2.45) is 5.92 Å². The van der Waals surface area contributed by atoms with Crippen molar-refractivity contribution in [1.29, 1.82) is 0 Å². The highest BCUT2D eigenvalue weighted by Crippen LogP contribution is 2.27. The van der Waals surface area contributed by atoms with E-state index in [1.54, 1.807) is 6.92 Å². The van der Waals surface area contributed by atoms with Gasteiger partial charge < -0.3 is 0 Å². The average Bonchev–Trinajstić information content (AvgIpc) is 2.13. The van der Waals surface area contributed by atoms with Crippen LogP contribution < -0.4 is 0 Å². The molecule has 0 amide bonds. The van der Waals surface area contributed by atoms with Gasteiger partial charge in [0.1, 0.15) is 5.78 Å². The highest BCUT2D eigenvalue weighted by atomic mass is 35.5. The number of alkyl halides is 1. The number of carbonyl (C=O) groups excluding carboxylic acids is 1. The summed E-state index contributed by atoms with van der Waals surface area (Å²) in [6, 6.07) is 0. The van der Waals surface area contributed by atoms with E-state index in [-0.39, 0.29) is 17.1 Å². The lowest BCUT2D eigenvalue weighted by Crippen LogP contribution is -2.20. The maximum absolute atomic E-state index is 11.1. The molecule has 0 radical (unpaired) electrons. The van der Waals surface area contributed by atoms with Crippen LogP contribution in [-0.4, -0.2) is 11.2 Å². The Bertz CT molecular complexity index is 144. The zero-order valence-corrected chi connectivity index (χ0v) is 7.73. The Morgan fingerprint density at radius 2 is 1.91 bits per heavy atom. The van der Waals surface area contributed by atoms with Gasteiger partial charge in [0.15, 0.2) is 0 Å². The van der Waals surface area contributed by atoms with Crippen molar-refractivity contribution in [3.63, 3.8) is 0 Å². The molecule has 0 aromatic rings. The minimum Gasteiger partial charge on any atom is -0.300 e. The first-order valence-corrected chi connectivity index (χ1v) is 4.80. The van der Waals surface area contributed by atoms with Gasteiger partial charge in [-0.2, -0.15) is 0 Å². The largest absolute Gasteiger partial charge is 0.300 e. The summed E-state index contributed by atoms with van der Waals surface area (Å²) in [6.45, 7) is 1.66. The Morgan fingerprint density at radius 1 is 1.27 bits per heavy atom. The number of ketones is 1. The Kier molecular flexibility index (Phi) is 3.38. The van der Waals surface area contributed by atoms with Gasteiger partial charge in [-0.05, 0) is 19.8 Å². The van der Waals surface area contributed by atoms with Crippen molar-refractivity contribution >= 4 is 17.4 Å². The molecule has 2 heteroatoms. The fraction of sp³-hybridized carbons (Fsp3) is 0.889. The second-order valence-electron chi connectivity index (χ2n) is 3.37. The maximum atomic E-state index is 11.1. The Hall–Kier alpha value is -0.0400. The third kappa shape index (κ3) is 2.48. The van der Waals surface area contributed by atoms with Gasteiger partial charge in [0.25, 0.3) is 0 Å². The molecule has 1 fully saturated rings. The molecule has 64 valence electrons. The van der Waals surface area contributed by atoms with Gasteiger partial charge in [-0.15, -0.1) is 11.6 Å². The summed E-state index contributed by atoms with van der Waals surface area (Å²) >= 11 is 6.06. The van der Waals surface area contributed by atoms with Crippen LogP contribution in [-0.2, 0) is 4.79 Å². The smallest absolute Gasteiger partial charge is 0.134 e. The van der Waals surface area contributed by atoms with Crippen LogP contribution in [0.15, 0.2) is 0 Å². The fourth-order valence-corrected chi connectivity index (χ4v) is 2.18. The number of rotatable bonds is 1. The molecule has 0 N–H and O–H groups in total. The van der Waals surface area contributed by atoms with Crippen molar-refractivity contribution in [2.75, 3.05) is 0 Å². The second kappa shape index (κ2) is 4.10. The van der Waals surface area contributed by atoms with Gasteiger partial charge in [-0.1, -0.05) is 19.3 Å². The minimum atomic E-state index is 0.106. The van der Waals surface area contributed by atoms with E-state index in [2.05, 4.69) is 0 Å². The maximum Gasteiger partial charge on any atom is 0.134 e. The highest BCUT2D eigenvalue weighted by molar-refractivity contribution is 6.22. The quantitative estimate of drug-likeness (QED) is 0.442. The summed E-state index contributed by atoms with van der Waals surface area (Å²) in [5.74, 6) is 0.408. The molecule has 11 heavy (non-hydrogen) atoms. The first kappa shape index (κ1) is 9.05. The third-order valence-corrected chi connectivity index (χ3v) is 2.98. The second-order valence-corrected chi connectivity index (χ2v) is 3.93. The Labute approximate surface area is 73.1 Å². The van der Waals surface area contributed by atoms with Gasteiger partial charge in [0, 0.05) is 11.3 Å². The molecule has 1 nitrogen and oxygen atoms in total. The lowest BCUT2D eigenvalue weighted by atomic mass is 9.96. The zero-order chi connectivity index (χ0) is 8.27. The monoisotopic (exact) mass is 174 g/mol. The zero-order valence-electron chi connectivity index (χ0n) is 6.98. The SMILES string of the molecule is CC(=O)[C@H]1CCCCC[C@@H]1Cl. The molecular formula is C9H15ClO. The van der Waals surface area contributed by atoms with E-state index in [9.17, 15) is 4.79 Å². The van der Waals surface area contributed by atoms with E-state index in [0.29, 0.717) is 0 Å². The molecule has 0 spiro atoms. The molecule has 1 aliphatic carbocycles. The molecule has 0 aromatic heterocycles. The van der Waals surface area contributed by atoms with E-state index in [1.165, 1.54) is 19.3 Å². The average molecular weight is 175 g/mol. The van der Waals surface area contributed by atoms with Gasteiger partial charge in [-0.25, -0.2) is 0 Å². The number of halogens is 1. The molecule has 0 heterocycles. The van der Waals surface area contributed by atoms with Gasteiger partial charge >= 0.3 is 0 Å². The van der Waals surface area contributed by atoms with Gasteiger partial charge in [0.2, 0.25) is 0 Å². The number of carbonyl (C=O) groups is 1. The fourth-order valence-electron chi connectivity index (χ4n) is 1.72. The number of Topliss-reactive ketones (excluding diaryl/α,β-unsaturated/α-hetero) is 1. The Balaban J connectivity index is 2.52. The summed E-state index contributed by atoms with van der Waals surface area (Å²) in [5, 5.41) is 0.106. The summed E-state index contributed by atoms with van der Waals surface area (Å²) < 4.78 is 0. The van der Waals surface area contributed by atoms with Crippen LogP contribution in [0.2, 0.25) is 0 Å². The minimum absolute atomic E-state index is 0.106. The topological polar surface area (TPSA) is 17.1 Å². The third-order valence-electron chi connectivity index (χ3n) is 2.45. The first-order chi connectivity index (χ1) is 5.22. The number of hydrogen-bond donors (Lipinski definition) is 0. The van der Waals surface area contributed by atoms with Crippen molar-refractivity contribution < 1.29 is 4.79 Å². The standard InChI is InChI=1S/C9H15ClO/c1-7(11)8-5-3-2-4-6-9(8)10/h8-9H,2-6H2,1H3/t8-,9+/m1/s1. The molecule has 1 rings (SSSR count). The van der Waals surface area contributed by atoms with Crippen LogP contribution in [0.1, 0.15) is 39.0 Å². The first-order valence-electron chi connectivity index (χ1n) is 4.36. The summed E-state index contributed by atoms with van der Waals surface area (Å²) in [4.78, 5) is 11.1. The summed E-state index contributed by atoms with van der Waals surface area (Å²) in [7, 11) is 0. The van der Waals surface area contributed by atoms with E-state index in [0.717, 1.165) is 12.8 Å². The summed E-state index contributed by atoms with van der Waals surface area (Å²) in [5.41, 5.74) is 0. The molecule has 0 bridgehead atoms. The van der Waals surface area contributed by atoms with Crippen molar-refractivity contribution in [2.45, 2.75) is 44.4 Å². The Morgan fingerprint density at radius 3 is 2.55 bits per heavy atom. The molecule has 0 aliphatic heterocycles. The van der Waals surface area contributed by atoms with Gasteiger partial charge in [-0.3, -0.25) is 4.79 Å². The molecule has 0 unspecified atom stereocenters. The molecule has 2 atom stereocenters. The van der Waals surface area contributed by atoms with E-state index < -0.39 is 0 Å². The molecule has 1 aliphatic rings. The predicted molar refractivity (Wildman–Crippen MR) is 46.9 cm³/mol. The van der Waals surface area contributed by atoms with E-state index in [4.69, 9.17) is 11.6 Å². The normalized spacial score (nSPS) is 32.9. The molecule has 1 saturated carbocycles. The molecular weight excluding hydrogens is 160 g/mol. The van der Waals surface area contributed by atoms with Crippen LogP contribution in [0.25, 0.3) is 0 Å². The van der Waals surface area contributed by atoms with E-state index >= 15 is 0 Å². The number of hydrogen-bond acceptors (Lipinski definition) is 1. The van der Waals surface area contributed by atoms with Crippen LogP contribution in [0.4, 0.5) is 0 Å². The highest BCUT2D eigenvalue weighted by Gasteiger charge is 2.24. The van der Waals surface area contributed by atoms with Crippen LogP contribution in [0, 0.1) is 5.92 Å². The molecule has 0 aromatic carbocycles. The van der Waals surface area contributed by atoms with E-state index in [1.807, 2.05) is 0 Å². The summed E-state index contributed by atoms with van der Waals surface area (Å²) in [6.07, 6.45) is 5.63. The van der Waals surface area contributed by atoms with Crippen LogP contribution >= 0.6 is 11.6 Å². The molecule has 0 saturated heterocycles. The van der Waals surface area contributed by atoms with Crippen LogP contribution in [0.5, 0.6) is 0 Å². The lowest BCUT2D eigenvalue weighted by molar-refractivity contribution is -0.120. The predicted octanol–water partition coefficient (Wildman–Crippen LogP) is 2.76. The van der Waals surface area contributed by atoms with Crippen LogP contribution in [0.3, 0.4) is 0 Å².